The zero-order valence-electron chi connectivity index (χ0n) is 17.8. The number of phenols is 1. The van der Waals surface area contributed by atoms with Crippen LogP contribution in [0.1, 0.15) is 23.4 Å². The van der Waals surface area contributed by atoms with Gasteiger partial charge in [0.1, 0.15) is 23.7 Å². The van der Waals surface area contributed by atoms with Gasteiger partial charge in [-0.2, -0.15) is 8.42 Å². The van der Waals surface area contributed by atoms with Crippen LogP contribution in [-0.4, -0.2) is 70.0 Å². The van der Waals surface area contributed by atoms with Gasteiger partial charge in [0, 0.05) is 24.7 Å². The Balaban J connectivity index is 1.48. The summed E-state index contributed by atoms with van der Waals surface area (Å²) in [5.74, 6) is -3.31. The summed E-state index contributed by atoms with van der Waals surface area (Å²) in [6.45, 7) is -0.113. The fourth-order valence-electron chi connectivity index (χ4n) is 3.82. The summed E-state index contributed by atoms with van der Waals surface area (Å²) in [4.78, 5) is 23.9. The van der Waals surface area contributed by atoms with E-state index in [1.54, 1.807) is 4.72 Å². The number of hydrogen-bond donors (Lipinski definition) is 3. The zero-order chi connectivity index (χ0) is 24.8. The van der Waals surface area contributed by atoms with E-state index >= 15 is 0 Å². The first-order valence-electron chi connectivity index (χ1n) is 10.1. The third-order valence-corrected chi connectivity index (χ3v) is 8.17. The Morgan fingerprint density at radius 2 is 1.94 bits per heavy atom. The first kappa shape index (κ1) is 24.0. The summed E-state index contributed by atoms with van der Waals surface area (Å²) >= 11 is 0. The van der Waals surface area contributed by atoms with Crippen LogP contribution in [0.2, 0.25) is 0 Å². The number of carbonyl (C=O) groups excluding carboxylic acids is 2. The summed E-state index contributed by atoms with van der Waals surface area (Å²) in [6.07, 6.45) is 2.00. The van der Waals surface area contributed by atoms with E-state index in [0.717, 1.165) is 18.4 Å². The highest BCUT2D eigenvalue weighted by Crippen LogP contribution is 2.37. The highest BCUT2D eigenvalue weighted by Gasteiger charge is 2.37. The summed E-state index contributed by atoms with van der Waals surface area (Å²) in [7, 11) is -7.61. The van der Waals surface area contributed by atoms with Gasteiger partial charge in [-0.05, 0) is 37.1 Å². The van der Waals surface area contributed by atoms with Crippen LogP contribution in [0.5, 0.6) is 5.75 Å². The highest BCUT2D eigenvalue weighted by atomic mass is 32.2. The third kappa shape index (κ3) is 4.71. The molecule has 12 nitrogen and oxygen atoms in total. The predicted molar refractivity (Wildman–Crippen MR) is 117 cm³/mol. The molecule has 0 aliphatic carbocycles. The molecular weight excluding hydrogens is 495 g/mol. The van der Waals surface area contributed by atoms with Crippen molar-refractivity contribution in [3.8, 4) is 17.1 Å². The van der Waals surface area contributed by atoms with Gasteiger partial charge in [-0.3, -0.25) is 9.59 Å². The molecule has 1 aromatic carbocycles. The van der Waals surface area contributed by atoms with Gasteiger partial charge in [0.05, 0.1) is 6.26 Å². The minimum absolute atomic E-state index is 0.0372. The number of sulfonamides is 1. The molecule has 0 saturated carbocycles. The van der Waals surface area contributed by atoms with E-state index in [2.05, 4.69) is 5.32 Å². The van der Waals surface area contributed by atoms with E-state index < -0.39 is 55.8 Å². The van der Waals surface area contributed by atoms with Crippen molar-refractivity contribution < 1.29 is 40.3 Å². The number of benzene rings is 1. The maximum atomic E-state index is 14.7. The van der Waals surface area contributed by atoms with Gasteiger partial charge in [-0.1, -0.05) is 0 Å². The maximum Gasteiger partial charge on any atom is 0.326 e. The molecule has 0 unspecified atom stereocenters. The quantitative estimate of drug-likeness (QED) is 0.504. The van der Waals surface area contributed by atoms with E-state index in [9.17, 15) is 35.9 Å². The molecule has 3 heterocycles. The largest absolute Gasteiger partial charge is 0.506 e. The number of halogens is 1. The number of nitrogens with zero attached hydrogens (tertiary/aromatic N) is 2. The summed E-state index contributed by atoms with van der Waals surface area (Å²) in [6, 6.07) is 4.45. The first-order valence-corrected chi connectivity index (χ1v) is 13.4. The summed E-state index contributed by atoms with van der Waals surface area (Å²) in [5, 5.41) is 13.0. The summed E-state index contributed by atoms with van der Waals surface area (Å²) < 4.78 is 70.8. The molecule has 2 amide bonds. The average Bonchev–Trinajstić information content (AvgIpc) is 3.31. The Morgan fingerprint density at radius 3 is 2.50 bits per heavy atom. The molecule has 184 valence electrons. The Hall–Kier alpha value is -3.17. The fraction of sp³-hybridized carbons (Fsp3) is 0.368. The van der Waals surface area contributed by atoms with Gasteiger partial charge in [-0.15, -0.1) is 0 Å². The topological polar surface area (TPSA) is 166 Å². The number of amides is 2. The lowest BCUT2D eigenvalue weighted by atomic mass is 10.1. The average molecular weight is 517 g/mol. The van der Waals surface area contributed by atoms with Gasteiger partial charge in [0.25, 0.3) is 11.8 Å². The lowest BCUT2D eigenvalue weighted by molar-refractivity contribution is -0.117. The Morgan fingerprint density at radius 1 is 1.26 bits per heavy atom. The number of aromatic hydroxyl groups is 1. The third-order valence-electron chi connectivity index (χ3n) is 5.49. The molecule has 2 fully saturated rings. The van der Waals surface area contributed by atoms with Crippen LogP contribution >= 0.6 is 0 Å². The van der Waals surface area contributed by atoms with Crippen LogP contribution in [0, 0.1) is 5.82 Å². The lowest BCUT2D eigenvalue weighted by Gasteiger charge is -2.30. The van der Waals surface area contributed by atoms with Crippen LogP contribution in [0.4, 0.5) is 10.1 Å². The van der Waals surface area contributed by atoms with Crippen LogP contribution in [0.15, 0.2) is 28.7 Å². The van der Waals surface area contributed by atoms with Crippen molar-refractivity contribution in [2.45, 2.75) is 18.9 Å². The first-order chi connectivity index (χ1) is 15.8. The van der Waals surface area contributed by atoms with Crippen LogP contribution < -0.4 is 14.3 Å². The normalized spacial score (nSPS) is 19.2. The van der Waals surface area contributed by atoms with Crippen LogP contribution in [0.3, 0.4) is 0 Å². The molecule has 0 spiro atoms. The number of piperidine rings is 1. The number of rotatable bonds is 5. The summed E-state index contributed by atoms with van der Waals surface area (Å²) in [5.41, 5.74) is -0.651. The zero-order valence-corrected chi connectivity index (χ0v) is 19.4. The van der Waals surface area contributed by atoms with Crippen LogP contribution in [-0.2, 0) is 25.0 Å². The molecule has 0 atom stereocenters. The van der Waals surface area contributed by atoms with Crippen molar-refractivity contribution in [2.75, 3.05) is 30.2 Å². The molecule has 15 heteroatoms. The number of furan rings is 1. The van der Waals surface area contributed by atoms with Crippen molar-refractivity contribution in [3.05, 3.63) is 35.8 Å². The highest BCUT2D eigenvalue weighted by molar-refractivity contribution is 7.92. The van der Waals surface area contributed by atoms with Crippen molar-refractivity contribution >= 4 is 37.7 Å². The van der Waals surface area contributed by atoms with E-state index in [1.165, 1.54) is 16.4 Å². The van der Waals surface area contributed by atoms with E-state index in [-0.39, 0.29) is 36.2 Å². The monoisotopic (exact) mass is 516 g/mol. The molecule has 2 saturated heterocycles. The minimum atomic E-state index is -4.32. The van der Waals surface area contributed by atoms with E-state index in [4.69, 9.17) is 4.42 Å². The Labute approximate surface area is 194 Å². The molecule has 0 bridgehead atoms. The second-order valence-electron chi connectivity index (χ2n) is 7.94. The molecule has 34 heavy (non-hydrogen) atoms. The predicted octanol–water partition coefficient (Wildman–Crippen LogP) is 0.126. The van der Waals surface area contributed by atoms with E-state index in [1.807, 2.05) is 0 Å². The SMILES string of the molecule is CS(=O)(=O)N1CCC(NC(=O)c2ccc(-c3cc(O)c(N4CC(=O)NS4(=O)=O)c(F)c3)o2)CC1. The van der Waals surface area contributed by atoms with Gasteiger partial charge in [0.2, 0.25) is 10.0 Å². The van der Waals surface area contributed by atoms with E-state index in [0.29, 0.717) is 17.1 Å². The number of nitrogens with one attached hydrogen (secondary N) is 2. The number of anilines is 1. The minimum Gasteiger partial charge on any atom is -0.506 e. The maximum absolute atomic E-state index is 14.7. The van der Waals surface area contributed by atoms with Gasteiger partial charge >= 0.3 is 10.2 Å². The number of carbonyl (C=O) groups is 2. The molecule has 2 aromatic rings. The van der Waals surface area contributed by atoms with Crippen molar-refractivity contribution in [3.63, 3.8) is 0 Å². The number of phenolic OH excluding ortho intramolecular Hbond substituents is 1. The molecule has 2 aliphatic heterocycles. The van der Waals surface area contributed by atoms with Gasteiger partial charge in [0.15, 0.2) is 11.6 Å². The van der Waals surface area contributed by atoms with Crippen LogP contribution in [0.25, 0.3) is 11.3 Å². The Kier molecular flexibility index (Phi) is 6.03. The standard InChI is InChI=1S/C19H21FN4O8S2/c1-33(28,29)23-6-4-12(5-7-23)21-19(27)16-3-2-15(32-16)11-8-13(20)18(14(25)9-11)24-10-17(26)22-34(24,30)31/h2-3,8-9,12,25H,4-7,10H2,1H3,(H,21,27)(H,22,26). The second kappa shape index (κ2) is 8.56. The second-order valence-corrected chi connectivity index (χ2v) is 11.5. The van der Waals surface area contributed by atoms with Gasteiger partial charge < -0.3 is 14.8 Å². The molecule has 2 aliphatic rings. The smallest absolute Gasteiger partial charge is 0.326 e. The van der Waals surface area contributed by atoms with Crippen molar-refractivity contribution in [1.29, 1.82) is 0 Å². The molecular formula is C19H21FN4O8S2. The van der Waals surface area contributed by atoms with Gasteiger partial charge in [-0.25, -0.2) is 26.1 Å². The molecule has 4 rings (SSSR count). The fourth-order valence-corrected chi connectivity index (χ4v) is 5.87. The lowest BCUT2D eigenvalue weighted by Crippen LogP contribution is -2.46. The Bertz CT molecular complexity index is 1340. The van der Waals surface area contributed by atoms with Crippen molar-refractivity contribution in [1.82, 2.24) is 14.3 Å². The number of hydrogen-bond acceptors (Lipinski definition) is 8. The molecule has 0 radical (unpaired) electrons. The molecule has 1 aromatic heterocycles. The van der Waals surface area contributed by atoms with Crippen molar-refractivity contribution in [2.24, 2.45) is 0 Å². The molecule has 3 N–H and O–H groups in total.